The van der Waals surface area contributed by atoms with Crippen molar-refractivity contribution in [3.8, 4) is 0 Å². The van der Waals surface area contributed by atoms with Crippen molar-refractivity contribution in [1.29, 1.82) is 0 Å². The molecule has 1 aromatic heterocycles. The molecular formula is C17H19N2O2+. The molecule has 0 spiro atoms. The van der Waals surface area contributed by atoms with E-state index in [0.717, 1.165) is 5.69 Å². The minimum atomic E-state index is -0.307. The van der Waals surface area contributed by atoms with Crippen molar-refractivity contribution < 1.29 is 14.2 Å². The number of aryl methyl sites for hydroxylation is 1. The molecule has 1 amide bonds. The number of hydrogen-bond acceptors (Lipinski definition) is 2. The molecule has 2 aromatic rings. The van der Waals surface area contributed by atoms with Crippen LogP contribution in [0.25, 0.3) is 0 Å². The number of hydrogen-bond donors (Lipinski definition) is 1. The zero-order chi connectivity index (χ0) is 15.4. The maximum Gasteiger partial charge on any atom is 0.293 e. The smallest absolute Gasteiger partial charge is 0.293 e. The van der Waals surface area contributed by atoms with Crippen LogP contribution in [-0.2, 0) is 4.79 Å². The van der Waals surface area contributed by atoms with Crippen molar-refractivity contribution in [3.63, 3.8) is 0 Å². The third kappa shape index (κ3) is 3.54. The van der Waals surface area contributed by atoms with Gasteiger partial charge in [0.25, 0.3) is 5.91 Å². The van der Waals surface area contributed by atoms with Crippen LogP contribution in [0.5, 0.6) is 0 Å². The Morgan fingerprint density at radius 3 is 2.33 bits per heavy atom. The van der Waals surface area contributed by atoms with Crippen molar-refractivity contribution in [3.05, 3.63) is 59.9 Å². The molecule has 4 nitrogen and oxygen atoms in total. The summed E-state index contributed by atoms with van der Waals surface area (Å²) < 4.78 is 1.92. The Bertz CT molecular complexity index is 663. The highest BCUT2D eigenvalue weighted by Gasteiger charge is 2.23. The van der Waals surface area contributed by atoms with E-state index in [9.17, 15) is 9.59 Å². The number of amides is 1. The molecule has 0 unspecified atom stereocenters. The third-order valence-electron chi connectivity index (χ3n) is 3.46. The zero-order valence-corrected chi connectivity index (χ0v) is 12.5. The van der Waals surface area contributed by atoms with Crippen LogP contribution in [0.3, 0.4) is 0 Å². The molecular weight excluding hydrogens is 264 g/mol. The van der Waals surface area contributed by atoms with Crippen molar-refractivity contribution in [2.75, 3.05) is 5.32 Å². The average molecular weight is 283 g/mol. The van der Waals surface area contributed by atoms with Crippen LogP contribution in [0, 0.1) is 6.92 Å². The van der Waals surface area contributed by atoms with E-state index in [1.165, 1.54) is 6.92 Å². The second-order valence-corrected chi connectivity index (χ2v) is 5.05. The molecule has 0 saturated heterocycles. The van der Waals surface area contributed by atoms with Crippen molar-refractivity contribution in [2.45, 2.75) is 26.8 Å². The predicted octanol–water partition coefficient (Wildman–Crippen LogP) is 2.68. The summed E-state index contributed by atoms with van der Waals surface area (Å²) in [7, 11) is 0. The van der Waals surface area contributed by atoms with Gasteiger partial charge in [-0.1, -0.05) is 6.07 Å². The summed E-state index contributed by atoms with van der Waals surface area (Å²) in [5.41, 5.74) is 2.34. The van der Waals surface area contributed by atoms with Crippen LogP contribution in [0.4, 0.5) is 5.69 Å². The van der Waals surface area contributed by atoms with Gasteiger partial charge in [0, 0.05) is 37.2 Å². The number of nitrogens with one attached hydrogen (secondary N) is 1. The van der Waals surface area contributed by atoms with Gasteiger partial charge in [0.15, 0.2) is 17.7 Å². The van der Waals surface area contributed by atoms with Crippen LogP contribution in [0.1, 0.15) is 35.9 Å². The fourth-order valence-electron chi connectivity index (χ4n) is 2.14. The maximum absolute atomic E-state index is 12.3. The highest BCUT2D eigenvalue weighted by atomic mass is 16.2. The lowest BCUT2D eigenvalue weighted by molar-refractivity contribution is -0.711. The zero-order valence-electron chi connectivity index (χ0n) is 12.5. The number of nitrogens with zero attached hydrogens (tertiary/aromatic N) is 1. The molecule has 0 aliphatic carbocycles. The van der Waals surface area contributed by atoms with Crippen molar-refractivity contribution >= 4 is 17.4 Å². The van der Waals surface area contributed by atoms with Gasteiger partial charge in [0.1, 0.15) is 0 Å². The lowest BCUT2D eigenvalue weighted by Crippen LogP contribution is -2.46. The van der Waals surface area contributed by atoms with E-state index in [1.54, 1.807) is 24.3 Å². The number of benzene rings is 1. The van der Waals surface area contributed by atoms with Crippen LogP contribution < -0.4 is 9.88 Å². The lowest BCUT2D eigenvalue weighted by Gasteiger charge is -2.10. The molecule has 0 radical (unpaired) electrons. The van der Waals surface area contributed by atoms with Crippen LogP contribution in [-0.4, -0.2) is 11.7 Å². The van der Waals surface area contributed by atoms with Gasteiger partial charge in [0.2, 0.25) is 6.04 Å². The Morgan fingerprint density at radius 2 is 1.76 bits per heavy atom. The average Bonchev–Trinajstić information content (AvgIpc) is 2.47. The van der Waals surface area contributed by atoms with Gasteiger partial charge < -0.3 is 5.32 Å². The van der Waals surface area contributed by atoms with E-state index in [-0.39, 0.29) is 17.7 Å². The SMILES string of the molecule is CC(=O)c1ccc(NC(=O)[C@@H](C)[n+]2ccccc2C)cc1. The number of ketones is 1. The van der Waals surface area contributed by atoms with E-state index in [1.807, 2.05) is 42.8 Å². The monoisotopic (exact) mass is 283 g/mol. The Balaban J connectivity index is 2.11. The van der Waals surface area contributed by atoms with Gasteiger partial charge in [-0.05, 0) is 31.2 Å². The fraction of sp³-hybridized carbons (Fsp3) is 0.235. The van der Waals surface area contributed by atoms with E-state index < -0.39 is 0 Å². The summed E-state index contributed by atoms with van der Waals surface area (Å²) in [6.07, 6.45) is 1.89. The summed E-state index contributed by atoms with van der Waals surface area (Å²) in [6, 6.07) is 12.4. The van der Waals surface area contributed by atoms with E-state index in [4.69, 9.17) is 0 Å². The summed E-state index contributed by atoms with van der Waals surface area (Å²) in [6.45, 7) is 5.34. The van der Waals surface area contributed by atoms with Crippen LogP contribution in [0.15, 0.2) is 48.7 Å². The summed E-state index contributed by atoms with van der Waals surface area (Å²) in [5.74, 6) is -0.0819. The summed E-state index contributed by atoms with van der Waals surface area (Å²) >= 11 is 0. The number of carbonyl (C=O) groups is 2. The molecule has 1 aromatic carbocycles. The lowest BCUT2D eigenvalue weighted by atomic mass is 10.1. The normalized spacial score (nSPS) is 11.8. The van der Waals surface area contributed by atoms with E-state index in [2.05, 4.69) is 5.32 Å². The first-order valence-corrected chi connectivity index (χ1v) is 6.87. The molecule has 0 saturated carbocycles. The molecule has 21 heavy (non-hydrogen) atoms. The third-order valence-corrected chi connectivity index (χ3v) is 3.46. The molecule has 1 heterocycles. The minimum Gasteiger partial charge on any atom is -0.320 e. The fourth-order valence-corrected chi connectivity index (χ4v) is 2.14. The van der Waals surface area contributed by atoms with Crippen molar-refractivity contribution in [2.24, 2.45) is 0 Å². The molecule has 0 aliphatic heterocycles. The molecule has 2 rings (SSSR count). The maximum atomic E-state index is 12.3. The summed E-state index contributed by atoms with van der Waals surface area (Å²) in [4.78, 5) is 23.5. The number of pyridine rings is 1. The topological polar surface area (TPSA) is 50.1 Å². The Labute approximate surface area is 124 Å². The molecule has 4 heteroatoms. The number of Topliss-reactive ketones (excluding diaryl/α,β-unsaturated/α-hetero) is 1. The molecule has 0 bridgehead atoms. The summed E-state index contributed by atoms with van der Waals surface area (Å²) in [5, 5.41) is 2.86. The number of aromatic nitrogens is 1. The van der Waals surface area contributed by atoms with Gasteiger partial charge in [-0.15, -0.1) is 0 Å². The molecule has 1 N–H and O–H groups in total. The van der Waals surface area contributed by atoms with Crippen LogP contribution in [0.2, 0.25) is 0 Å². The highest BCUT2D eigenvalue weighted by molar-refractivity contribution is 5.96. The van der Waals surface area contributed by atoms with Gasteiger partial charge in [-0.3, -0.25) is 9.59 Å². The first-order chi connectivity index (χ1) is 9.99. The Morgan fingerprint density at radius 1 is 1.10 bits per heavy atom. The Kier molecular flexibility index (Phi) is 4.48. The Hall–Kier alpha value is -2.49. The first kappa shape index (κ1) is 14.9. The molecule has 0 aliphatic rings. The largest absolute Gasteiger partial charge is 0.320 e. The number of carbonyl (C=O) groups excluding carboxylic acids is 2. The molecule has 0 fully saturated rings. The second kappa shape index (κ2) is 6.31. The van der Waals surface area contributed by atoms with Crippen LogP contribution >= 0.6 is 0 Å². The second-order valence-electron chi connectivity index (χ2n) is 5.05. The van der Waals surface area contributed by atoms with E-state index >= 15 is 0 Å². The molecule has 108 valence electrons. The standard InChI is InChI=1S/C17H18N2O2/c1-12-6-4-5-11-19(12)13(2)17(21)18-16-9-7-15(8-10-16)14(3)20/h4-11,13H,1-3H3/p+1/t13-/m1/s1. The first-order valence-electron chi connectivity index (χ1n) is 6.87. The van der Waals surface area contributed by atoms with Crippen molar-refractivity contribution in [1.82, 2.24) is 0 Å². The quantitative estimate of drug-likeness (QED) is 0.693. The van der Waals surface area contributed by atoms with Gasteiger partial charge >= 0.3 is 0 Å². The number of rotatable bonds is 4. The van der Waals surface area contributed by atoms with Gasteiger partial charge in [-0.25, -0.2) is 0 Å². The van der Waals surface area contributed by atoms with E-state index in [0.29, 0.717) is 11.3 Å². The predicted molar refractivity (Wildman–Crippen MR) is 81.2 cm³/mol. The van der Waals surface area contributed by atoms with Gasteiger partial charge in [0.05, 0.1) is 0 Å². The van der Waals surface area contributed by atoms with Gasteiger partial charge in [-0.2, -0.15) is 4.57 Å². The molecule has 1 atom stereocenters. The number of anilines is 1. The highest BCUT2D eigenvalue weighted by Crippen LogP contribution is 2.11. The minimum absolute atomic E-state index is 0.0108.